The molecule has 0 spiro atoms. The Morgan fingerprint density at radius 2 is 1.71 bits per heavy atom. The molecule has 0 radical (unpaired) electrons. The van der Waals surface area contributed by atoms with Gasteiger partial charge >= 0.3 is 0 Å². The van der Waals surface area contributed by atoms with Crippen molar-refractivity contribution in [3.05, 3.63) is 54.1 Å². The third-order valence-corrected chi connectivity index (χ3v) is 4.69. The number of anilines is 2. The lowest BCUT2D eigenvalue weighted by Crippen LogP contribution is -2.47. The number of hydrogen-bond donors (Lipinski definition) is 0. The van der Waals surface area contributed by atoms with E-state index in [1.54, 1.807) is 18.7 Å². The lowest BCUT2D eigenvalue weighted by atomic mass is 10.1. The number of piperazine rings is 1. The summed E-state index contributed by atoms with van der Waals surface area (Å²) in [6.07, 6.45) is 5.24. The van der Waals surface area contributed by atoms with E-state index in [2.05, 4.69) is 56.8 Å². The predicted octanol–water partition coefficient (Wildman–Crippen LogP) is 2.97. The molecule has 0 aliphatic carbocycles. The molecule has 1 saturated heterocycles. The fourth-order valence-corrected chi connectivity index (χ4v) is 3.46. The van der Waals surface area contributed by atoms with Crippen LogP contribution in [0.1, 0.15) is 11.1 Å². The predicted molar refractivity (Wildman–Crippen MR) is 97.7 cm³/mol. The molecule has 2 aromatic heterocycles. The second-order valence-electron chi connectivity index (χ2n) is 6.35. The largest absolute Gasteiger partial charge is 0.368 e. The molecule has 0 unspecified atom stereocenters. The van der Waals surface area contributed by atoms with Crippen molar-refractivity contribution in [3.63, 3.8) is 0 Å². The molecule has 5 heteroatoms. The van der Waals surface area contributed by atoms with Crippen LogP contribution < -0.4 is 9.80 Å². The number of benzene rings is 1. The maximum atomic E-state index is 4.53. The molecule has 1 aliphatic rings. The average molecular weight is 319 g/mol. The van der Waals surface area contributed by atoms with E-state index in [-0.39, 0.29) is 0 Å². The molecule has 3 aromatic rings. The minimum absolute atomic E-state index is 0.902. The summed E-state index contributed by atoms with van der Waals surface area (Å²) in [4.78, 5) is 17.8. The van der Waals surface area contributed by atoms with E-state index < -0.39 is 0 Å². The van der Waals surface area contributed by atoms with Gasteiger partial charge in [-0.15, -0.1) is 0 Å². The molecule has 1 aliphatic heterocycles. The SMILES string of the molecule is Cc1ccc(N2CCN(c3ncnc4cnccc34)CC2)c(C)c1. The molecule has 0 amide bonds. The topological polar surface area (TPSA) is 45.2 Å². The van der Waals surface area contributed by atoms with Crippen LogP contribution >= 0.6 is 0 Å². The number of aryl methyl sites for hydroxylation is 2. The molecular weight excluding hydrogens is 298 g/mol. The summed E-state index contributed by atoms with van der Waals surface area (Å²) in [6, 6.07) is 8.69. The average Bonchev–Trinajstić information content (AvgIpc) is 2.62. The van der Waals surface area contributed by atoms with Gasteiger partial charge in [0.2, 0.25) is 0 Å². The monoisotopic (exact) mass is 319 g/mol. The number of aromatic nitrogens is 3. The normalized spacial score (nSPS) is 15.1. The Labute approximate surface area is 142 Å². The van der Waals surface area contributed by atoms with Crippen molar-refractivity contribution in [2.75, 3.05) is 36.0 Å². The molecule has 122 valence electrons. The standard InChI is InChI=1S/C19H21N5/c1-14-3-4-18(15(2)11-14)23-7-9-24(10-8-23)19-16-5-6-20-12-17(16)21-13-22-19/h3-6,11-13H,7-10H2,1-2H3. The molecule has 1 aromatic carbocycles. The van der Waals surface area contributed by atoms with Gasteiger partial charge in [0, 0.05) is 43.4 Å². The first kappa shape index (κ1) is 14.9. The smallest absolute Gasteiger partial charge is 0.140 e. The van der Waals surface area contributed by atoms with Crippen LogP contribution in [0.3, 0.4) is 0 Å². The van der Waals surface area contributed by atoms with Crippen molar-refractivity contribution in [1.29, 1.82) is 0 Å². The van der Waals surface area contributed by atoms with Crippen molar-refractivity contribution in [2.45, 2.75) is 13.8 Å². The maximum Gasteiger partial charge on any atom is 0.140 e. The number of fused-ring (bicyclic) bond motifs is 1. The highest BCUT2D eigenvalue weighted by atomic mass is 15.3. The van der Waals surface area contributed by atoms with Crippen molar-refractivity contribution >= 4 is 22.4 Å². The number of nitrogens with zero attached hydrogens (tertiary/aromatic N) is 5. The zero-order valence-corrected chi connectivity index (χ0v) is 14.1. The van der Waals surface area contributed by atoms with Gasteiger partial charge in [0.15, 0.2) is 0 Å². The molecule has 5 nitrogen and oxygen atoms in total. The van der Waals surface area contributed by atoms with Gasteiger partial charge in [0.05, 0.1) is 11.7 Å². The van der Waals surface area contributed by atoms with Crippen molar-refractivity contribution in [2.24, 2.45) is 0 Å². The van der Waals surface area contributed by atoms with Crippen LogP contribution in [-0.4, -0.2) is 41.1 Å². The van der Waals surface area contributed by atoms with Crippen molar-refractivity contribution < 1.29 is 0 Å². The summed E-state index contributed by atoms with van der Waals surface area (Å²) in [7, 11) is 0. The maximum absolute atomic E-state index is 4.53. The minimum Gasteiger partial charge on any atom is -0.368 e. The molecular formula is C19H21N5. The zero-order valence-electron chi connectivity index (χ0n) is 14.1. The summed E-state index contributed by atoms with van der Waals surface area (Å²) >= 11 is 0. The van der Waals surface area contributed by atoms with E-state index in [1.807, 2.05) is 6.07 Å². The van der Waals surface area contributed by atoms with Gasteiger partial charge < -0.3 is 9.80 Å². The quantitative estimate of drug-likeness (QED) is 0.726. The summed E-state index contributed by atoms with van der Waals surface area (Å²) in [5, 5.41) is 1.08. The van der Waals surface area contributed by atoms with Crippen LogP contribution in [0.25, 0.3) is 10.9 Å². The van der Waals surface area contributed by atoms with E-state index in [4.69, 9.17) is 0 Å². The van der Waals surface area contributed by atoms with Crippen molar-refractivity contribution in [1.82, 2.24) is 15.0 Å². The van der Waals surface area contributed by atoms with Gasteiger partial charge in [0.25, 0.3) is 0 Å². The Hall–Kier alpha value is -2.69. The second-order valence-corrected chi connectivity index (χ2v) is 6.35. The first-order valence-corrected chi connectivity index (χ1v) is 8.34. The van der Waals surface area contributed by atoms with E-state index >= 15 is 0 Å². The summed E-state index contributed by atoms with van der Waals surface area (Å²) < 4.78 is 0. The lowest BCUT2D eigenvalue weighted by molar-refractivity contribution is 0.647. The van der Waals surface area contributed by atoms with Gasteiger partial charge in [-0.3, -0.25) is 4.98 Å². The van der Waals surface area contributed by atoms with E-state index in [9.17, 15) is 0 Å². The van der Waals surface area contributed by atoms with Crippen molar-refractivity contribution in [3.8, 4) is 0 Å². The number of pyridine rings is 1. The Morgan fingerprint density at radius 1 is 0.917 bits per heavy atom. The van der Waals surface area contributed by atoms with Crippen LogP contribution in [0, 0.1) is 13.8 Å². The molecule has 1 fully saturated rings. The molecule has 0 N–H and O–H groups in total. The Balaban J connectivity index is 1.55. The van der Waals surface area contributed by atoms with Gasteiger partial charge in [-0.2, -0.15) is 0 Å². The van der Waals surface area contributed by atoms with E-state index in [0.717, 1.165) is 42.9 Å². The van der Waals surface area contributed by atoms with Gasteiger partial charge in [-0.1, -0.05) is 17.7 Å². The van der Waals surface area contributed by atoms with Gasteiger partial charge in [-0.05, 0) is 31.5 Å². The minimum atomic E-state index is 0.902. The highest BCUT2D eigenvalue weighted by Crippen LogP contribution is 2.26. The highest BCUT2D eigenvalue weighted by molar-refractivity contribution is 5.88. The molecule has 24 heavy (non-hydrogen) atoms. The van der Waals surface area contributed by atoms with E-state index in [0.29, 0.717) is 0 Å². The summed E-state index contributed by atoms with van der Waals surface area (Å²) in [5.74, 6) is 1.02. The molecule has 3 heterocycles. The fraction of sp³-hybridized carbons (Fsp3) is 0.316. The lowest BCUT2D eigenvalue weighted by Gasteiger charge is -2.37. The summed E-state index contributed by atoms with van der Waals surface area (Å²) in [5.41, 5.74) is 4.91. The first-order valence-electron chi connectivity index (χ1n) is 8.34. The Bertz CT molecular complexity index is 863. The van der Waals surface area contributed by atoms with Crippen LogP contribution in [0.4, 0.5) is 11.5 Å². The third-order valence-electron chi connectivity index (χ3n) is 4.69. The van der Waals surface area contributed by atoms with Gasteiger partial charge in [0.1, 0.15) is 12.1 Å². The molecule has 4 rings (SSSR count). The number of hydrogen-bond acceptors (Lipinski definition) is 5. The first-order chi connectivity index (χ1) is 11.7. The summed E-state index contributed by atoms with van der Waals surface area (Å²) in [6.45, 7) is 8.26. The Morgan fingerprint density at radius 3 is 2.50 bits per heavy atom. The Kier molecular flexibility index (Phi) is 3.76. The third kappa shape index (κ3) is 2.66. The highest BCUT2D eigenvalue weighted by Gasteiger charge is 2.21. The molecule has 0 bridgehead atoms. The van der Waals surface area contributed by atoms with Crippen LogP contribution in [0.5, 0.6) is 0 Å². The van der Waals surface area contributed by atoms with Crippen LogP contribution in [0.15, 0.2) is 43.0 Å². The van der Waals surface area contributed by atoms with Crippen LogP contribution in [0.2, 0.25) is 0 Å². The number of rotatable bonds is 2. The van der Waals surface area contributed by atoms with E-state index in [1.165, 1.54) is 16.8 Å². The zero-order chi connectivity index (χ0) is 16.5. The second kappa shape index (κ2) is 6.07. The fourth-order valence-electron chi connectivity index (χ4n) is 3.46. The van der Waals surface area contributed by atoms with Crippen LogP contribution in [-0.2, 0) is 0 Å². The molecule has 0 atom stereocenters. The molecule has 0 saturated carbocycles. The van der Waals surface area contributed by atoms with Gasteiger partial charge in [-0.25, -0.2) is 9.97 Å².